The van der Waals surface area contributed by atoms with Crippen LogP contribution in [0, 0.1) is 6.92 Å². The van der Waals surface area contributed by atoms with Crippen LogP contribution in [0.4, 0.5) is 0 Å². The Hall–Kier alpha value is -1.55. The van der Waals surface area contributed by atoms with E-state index in [9.17, 15) is 4.79 Å². The highest BCUT2D eigenvalue weighted by Gasteiger charge is 2.10. The predicted octanol–water partition coefficient (Wildman–Crippen LogP) is 2.65. The van der Waals surface area contributed by atoms with Crippen LogP contribution in [0.25, 0.3) is 0 Å². The number of carbonyl (C=O) groups is 1. The van der Waals surface area contributed by atoms with E-state index in [0.717, 1.165) is 25.3 Å². The molecule has 0 N–H and O–H groups in total. The van der Waals surface area contributed by atoms with Crippen molar-refractivity contribution in [3.8, 4) is 5.75 Å². The number of rotatable bonds is 9. The molecule has 1 rings (SSSR count). The molecule has 0 aliphatic heterocycles. The molecule has 0 heterocycles. The minimum absolute atomic E-state index is 0.170. The standard InChI is InChI=1S/C16H25NO3/c1-4-10-17(13-16(18)19-5-2)11-12-20-15-8-6-14(3)7-9-15/h6-9H,4-5,10-13H2,1-3H3. The topological polar surface area (TPSA) is 38.8 Å². The molecule has 0 amide bonds. The zero-order valence-corrected chi connectivity index (χ0v) is 12.7. The Morgan fingerprint density at radius 1 is 1.15 bits per heavy atom. The molecule has 0 unspecified atom stereocenters. The van der Waals surface area contributed by atoms with Gasteiger partial charge < -0.3 is 9.47 Å². The second kappa shape index (κ2) is 9.37. The van der Waals surface area contributed by atoms with Crippen LogP contribution in [0.2, 0.25) is 0 Å². The minimum atomic E-state index is -0.170. The summed E-state index contributed by atoms with van der Waals surface area (Å²) in [5.74, 6) is 0.694. The summed E-state index contributed by atoms with van der Waals surface area (Å²) in [5.41, 5.74) is 1.22. The third-order valence-corrected chi connectivity index (χ3v) is 2.90. The van der Waals surface area contributed by atoms with Gasteiger partial charge in [0.25, 0.3) is 0 Å². The van der Waals surface area contributed by atoms with Crippen molar-refractivity contribution < 1.29 is 14.3 Å². The van der Waals surface area contributed by atoms with Crippen LogP contribution in [0.3, 0.4) is 0 Å². The number of carbonyl (C=O) groups excluding carboxylic acids is 1. The number of aryl methyl sites for hydroxylation is 1. The fourth-order valence-electron chi connectivity index (χ4n) is 1.90. The van der Waals surface area contributed by atoms with Gasteiger partial charge in [0.2, 0.25) is 0 Å². The van der Waals surface area contributed by atoms with Crippen molar-refractivity contribution in [3.63, 3.8) is 0 Å². The summed E-state index contributed by atoms with van der Waals surface area (Å²) in [6.45, 7) is 8.89. The highest BCUT2D eigenvalue weighted by Crippen LogP contribution is 2.11. The average molecular weight is 279 g/mol. The molecular formula is C16H25NO3. The molecule has 0 spiro atoms. The fourth-order valence-corrected chi connectivity index (χ4v) is 1.90. The third kappa shape index (κ3) is 6.57. The van der Waals surface area contributed by atoms with Gasteiger partial charge in [-0.2, -0.15) is 0 Å². The summed E-state index contributed by atoms with van der Waals surface area (Å²) in [6.07, 6.45) is 1.00. The van der Waals surface area contributed by atoms with E-state index in [-0.39, 0.29) is 5.97 Å². The molecular weight excluding hydrogens is 254 g/mol. The van der Waals surface area contributed by atoms with E-state index in [1.54, 1.807) is 0 Å². The molecule has 0 saturated carbocycles. The number of esters is 1. The van der Waals surface area contributed by atoms with Crippen LogP contribution in [-0.4, -0.2) is 43.7 Å². The number of benzene rings is 1. The summed E-state index contributed by atoms with van der Waals surface area (Å²) in [7, 11) is 0. The lowest BCUT2D eigenvalue weighted by molar-refractivity contribution is -0.144. The van der Waals surface area contributed by atoms with Gasteiger partial charge in [0.05, 0.1) is 13.2 Å². The van der Waals surface area contributed by atoms with Gasteiger partial charge in [0.1, 0.15) is 12.4 Å². The van der Waals surface area contributed by atoms with Crippen molar-refractivity contribution in [3.05, 3.63) is 29.8 Å². The lowest BCUT2D eigenvalue weighted by Gasteiger charge is -2.20. The molecule has 0 aromatic heterocycles. The zero-order valence-electron chi connectivity index (χ0n) is 12.7. The van der Waals surface area contributed by atoms with Gasteiger partial charge in [-0.1, -0.05) is 24.6 Å². The Labute approximate surface area is 121 Å². The van der Waals surface area contributed by atoms with Crippen LogP contribution in [-0.2, 0) is 9.53 Å². The minimum Gasteiger partial charge on any atom is -0.492 e. The molecule has 0 aliphatic rings. The Morgan fingerprint density at radius 2 is 1.85 bits per heavy atom. The van der Waals surface area contributed by atoms with Crippen LogP contribution >= 0.6 is 0 Å². The largest absolute Gasteiger partial charge is 0.492 e. The van der Waals surface area contributed by atoms with Gasteiger partial charge in [-0.05, 0) is 38.9 Å². The Kier molecular flexibility index (Phi) is 7.73. The van der Waals surface area contributed by atoms with E-state index in [4.69, 9.17) is 9.47 Å². The van der Waals surface area contributed by atoms with Gasteiger partial charge in [-0.3, -0.25) is 9.69 Å². The predicted molar refractivity (Wildman–Crippen MR) is 80.0 cm³/mol. The van der Waals surface area contributed by atoms with Gasteiger partial charge in [-0.15, -0.1) is 0 Å². The smallest absolute Gasteiger partial charge is 0.320 e. The number of ether oxygens (including phenoxy) is 2. The molecule has 0 radical (unpaired) electrons. The maximum Gasteiger partial charge on any atom is 0.320 e. The zero-order chi connectivity index (χ0) is 14.8. The van der Waals surface area contributed by atoms with Gasteiger partial charge >= 0.3 is 5.97 Å². The van der Waals surface area contributed by atoms with E-state index >= 15 is 0 Å². The first-order valence-electron chi connectivity index (χ1n) is 7.23. The van der Waals surface area contributed by atoms with Crippen molar-refractivity contribution in [2.24, 2.45) is 0 Å². The van der Waals surface area contributed by atoms with Crippen LogP contribution in [0.15, 0.2) is 24.3 Å². The molecule has 0 aliphatic carbocycles. The number of nitrogens with zero attached hydrogens (tertiary/aromatic N) is 1. The second-order valence-electron chi connectivity index (χ2n) is 4.74. The van der Waals surface area contributed by atoms with Crippen LogP contribution in [0.1, 0.15) is 25.8 Å². The Balaban J connectivity index is 2.34. The van der Waals surface area contributed by atoms with Crippen LogP contribution < -0.4 is 4.74 Å². The second-order valence-corrected chi connectivity index (χ2v) is 4.74. The highest BCUT2D eigenvalue weighted by molar-refractivity contribution is 5.71. The van der Waals surface area contributed by atoms with Crippen molar-refractivity contribution in [2.75, 3.05) is 32.8 Å². The summed E-state index contributed by atoms with van der Waals surface area (Å²) in [5, 5.41) is 0. The molecule has 1 aromatic rings. The average Bonchev–Trinajstić information content (AvgIpc) is 2.41. The first-order valence-corrected chi connectivity index (χ1v) is 7.23. The van der Waals surface area contributed by atoms with E-state index in [1.807, 2.05) is 38.1 Å². The fraction of sp³-hybridized carbons (Fsp3) is 0.562. The van der Waals surface area contributed by atoms with Crippen LogP contribution in [0.5, 0.6) is 5.75 Å². The molecule has 4 heteroatoms. The van der Waals surface area contributed by atoms with E-state index in [0.29, 0.717) is 19.8 Å². The van der Waals surface area contributed by atoms with Gasteiger partial charge in [0.15, 0.2) is 0 Å². The van der Waals surface area contributed by atoms with Crippen molar-refractivity contribution in [1.82, 2.24) is 4.90 Å². The molecule has 0 atom stereocenters. The van der Waals surface area contributed by atoms with Crippen molar-refractivity contribution >= 4 is 5.97 Å². The Bertz CT molecular complexity index is 389. The maximum absolute atomic E-state index is 11.5. The van der Waals surface area contributed by atoms with Crippen molar-refractivity contribution in [2.45, 2.75) is 27.2 Å². The third-order valence-electron chi connectivity index (χ3n) is 2.90. The maximum atomic E-state index is 11.5. The van der Waals surface area contributed by atoms with Gasteiger partial charge in [-0.25, -0.2) is 0 Å². The first kappa shape index (κ1) is 16.5. The van der Waals surface area contributed by atoms with Crippen molar-refractivity contribution in [1.29, 1.82) is 0 Å². The first-order chi connectivity index (χ1) is 9.65. The van der Waals surface area contributed by atoms with E-state index < -0.39 is 0 Å². The molecule has 0 bridgehead atoms. The summed E-state index contributed by atoms with van der Waals surface area (Å²) < 4.78 is 10.7. The van der Waals surface area contributed by atoms with Gasteiger partial charge in [0, 0.05) is 6.54 Å². The summed E-state index contributed by atoms with van der Waals surface area (Å²) in [6, 6.07) is 7.98. The number of hydrogen-bond acceptors (Lipinski definition) is 4. The monoisotopic (exact) mass is 279 g/mol. The molecule has 20 heavy (non-hydrogen) atoms. The molecule has 112 valence electrons. The SMILES string of the molecule is CCCN(CCOc1ccc(C)cc1)CC(=O)OCC. The van der Waals surface area contributed by atoms with E-state index in [2.05, 4.69) is 11.8 Å². The number of hydrogen-bond donors (Lipinski definition) is 0. The van der Waals surface area contributed by atoms with E-state index in [1.165, 1.54) is 5.56 Å². The Morgan fingerprint density at radius 3 is 2.45 bits per heavy atom. The highest BCUT2D eigenvalue weighted by atomic mass is 16.5. The molecule has 0 fully saturated rings. The summed E-state index contributed by atoms with van der Waals surface area (Å²) in [4.78, 5) is 13.6. The molecule has 4 nitrogen and oxygen atoms in total. The molecule has 1 aromatic carbocycles. The lowest BCUT2D eigenvalue weighted by atomic mass is 10.2. The molecule has 0 saturated heterocycles. The normalized spacial score (nSPS) is 10.6. The summed E-state index contributed by atoms with van der Waals surface area (Å²) >= 11 is 0. The lowest BCUT2D eigenvalue weighted by Crippen LogP contribution is -2.35. The quantitative estimate of drug-likeness (QED) is 0.651.